The fraction of sp³-hybridized carbons (Fsp3) is 0.727. The highest BCUT2D eigenvalue weighted by Crippen LogP contribution is 1.92. The van der Waals surface area contributed by atoms with Crippen molar-refractivity contribution in [1.29, 1.82) is 0 Å². The number of urea groups is 1. The molecule has 0 aliphatic carbocycles. The lowest BCUT2D eigenvalue weighted by Crippen LogP contribution is -2.33. The molecular formula is C11H25N5O5. The summed E-state index contributed by atoms with van der Waals surface area (Å²) in [5.41, 5.74) is 20.2. The lowest BCUT2D eigenvalue weighted by Gasteiger charge is -2.05. The van der Waals surface area contributed by atoms with E-state index in [1.165, 1.54) is 0 Å². The fourth-order valence-corrected chi connectivity index (χ4v) is 1.12. The topological polar surface area (TPSA) is 208 Å². The zero-order chi connectivity index (χ0) is 16.8. The number of carbonyl (C=O) groups excluding carboxylic acids is 1. The average molecular weight is 307 g/mol. The standard InChI is InChI=1S/C6H13N3O3.C5H12N2O2/c7-4(5(10)11)2-1-3-9-6(8)12;6-3-1-2-4(7)5(8)9/h4H,1-3,7H2,(H,10,11)(H3,8,9,12);4H,1-3,6-7H2,(H,8,9)/t2*4-/m00/s1. The minimum atomic E-state index is -1.03. The van der Waals surface area contributed by atoms with Crippen molar-refractivity contribution in [1.82, 2.24) is 5.32 Å². The predicted octanol–water partition coefficient (Wildman–Crippen LogP) is -2.02. The molecule has 124 valence electrons. The van der Waals surface area contributed by atoms with Crippen LogP contribution >= 0.6 is 0 Å². The second-order valence-corrected chi connectivity index (χ2v) is 4.25. The third-order valence-corrected chi connectivity index (χ3v) is 2.34. The Bertz CT molecular complexity index is 326. The van der Waals surface area contributed by atoms with E-state index >= 15 is 0 Å². The van der Waals surface area contributed by atoms with Crippen LogP contribution in [0.4, 0.5) is 4.79 Å². The van der Waals surface area contributed by atoms with Crippen molar-refractivity contribution in [3.8, 4) is 0 Å². The molecule has 0 rings (SSSR count). The molecular weight excluding hydrogens is 282 g/mol. The number of amides is 2. The maximum Gasteiger partial charge on any atom is 0.320 e. The first-order valence-corrected chi connectivity index (χ1v) is 6.42. The van der Waals surface area contributed by atoms with Crippen molar-refractivity contribution in [2.45, 2.75) is 37.8 Å². The largest absolute Gasteiger partial charge is 0.480 e. The number of nitrogens with two attached hydrogens (primary N) is 4. The molecule has 0 bridgehead atoms. The summed E-state index contributed by atoms with van der Waals surface area (Å²) in [7, 11) is 0. The Labute approximate surface area is 122 Å². The highest BCUT2D eigenvalue weighted by molar-refractivity contribution is 5.73. The summed E-state index contributed by atoms with van der Waals surface area (Å²) < 4.78 is 0. The van der Waals surface area contributed by atoms with E-state index < -0.39 is 30.1 Å². The molecule has 2 atom stereocenters. The van der Waals surface area contributed by atoms with Gasteiger partial charge >= 0.3 is 18.0 Å². The molecule has 0 aliphatic heterocycles. The number of primary amides is 1. The molecule has 0 aromatic rings. The van der Waals surface area contributed by atoms with Gasteiger partial charge in [0.25, 0.3) is 0 Å². The number of carboxylic acids is 2. The van der Waals surface area contributed by atoms with Gasteiger partial charge in [-0.15, -0.1) is 0 Å². The van der Waals surface area contributed by atoms with Gasteiger partial charge in [-0.1, -0.05) is 0 Å². The van der Waals surface area contributed by atoms with Crippen molar-refractivity contribution < 1.29 is 24.6 Å². The van der Waals surface area contributed by atoms with Gasteiger partial charge in [-0.05, 0) is 32.2 Å². The monoisotopic (exact) mass is 307 g/mol. The molecule has 21 heavy (non-hydrogen) atoms. The minimum Gasteiger partial charge on any atom is -0.480 e. The van der Waals surface area contributed by atoms with Crippen LogP contribution in [0.25, 0.3) is 0 Å². The van der Waals surface area contributed by atoms with Gasteiger partial charge in [0.2, 0.25) is 0 Å². The van der Waals surface area contributed by atoms with Crippen LogP contribution in [0.15, 0.2) is 0 Å². The molecule has 0 aliphatic rings. The third kappa shape index (κ3) is 16.0. The first kappa shape index (κ1) is 21.4. The number of rotatable bonds is 9. The SMILES string of the molecule is NC(=O)NCCC[C@H](N)C(=O)O.NCCC[C@H](N)C(=O)O. The Kier molecular flexibility index (Phi) is 13.3. The molecule has 11 N–H and O–H groups in total. The molecule has 2 amide bonds. The molecule has 0 heterocycles. The van der Waals surface area contributed by atoms with Crippen molar-refractivity contribution in [2.24, 2.45) is 22.9 Å². The van der Waals surface area contributed by atoms with Crippen LogP contribution in [-0.4, -0.2) is 53.4 Å². The van der Waals surface area contributed by atoms with E-state index in [0.717, 1.165) is 0 Å². The Morgan fingerprint density at radius 2 is 1.38 bits per heavy atom. The van der Waals surface area contributed by atoms with Gasteiger partial charge in [0.05, 0.1) is 0 Å². The third-order valence-electron chi connectivity index (χ3n) is 2.34. The second-order valence-electron chi connectivity index (χ2n) is 4.25. The number of aliphatic carboxylic acids is 2. The maximum absolute atomic E-state index is 10.2. The number of carbonyl (C=O) groups is 3. The molecule has 0 aromatic carbocycles. The number of nitrogens with one attached hydrogen (secondary N) is 1. The van der Waals surface area contributed by atoms with E-state index in [1.807, 2.05) is 0 Å². The van der Waals surface area contributed by atoms with E-state index in [2.05, 4.69) is 5.32 Å². The van der Waals surface area contributed by atoms with Gasteiger partial charge in [-0.25, -0.2) is 4.79 Å². The Balaban J connectivity index is 0. The Morgan fingerprint density at radius 3 is 1.71 bits per heavy atom. The van der Waals surface area contributed by atoms with E-state index in [-0.39, 0.29) is 0 Å². The lowest BCUT2D eigenvalue weighted by molar-refractivity contribution is -0.139. The van der Waals surface area contributed by atoms with Crippen LogP contribution in [0.5, 0.6) is 0 Å². The van der Waals surface area contributed by atoms with E-state index in [4.69, 9.17) is 33.1 Å². The molecule has 0 saturated carbocycles. The molecule has 0 spiro atoms. The smallest absolute Gasteiger partial charge is 0.320 e. The van der Waals surface area contributed by atoms with E-state index in [1.54, 1.807) is 0 Å². The summed E-state index contributed by atoms with van der Waals surface area (Å²) in [6.07, 6.45) is 1.98. The molecule has 10 nitrogen and oxygen atoms in total. The minimum absolute atomic E-state index is 0.329. The molecule has 0 aromatic heterocycles. The van der Waals surface area contributed by atoms with Gasteiger partial charge in [0, 0.05) is 6.54 Å². The highest BCUT2D eigenvalue weighted by atomic mass is 16.4. The van der Waals surface area contributed by atoms with Crippen LogP contribution in [0.2, 0.25) is 0 Å². The summed E-state index contributed by atoms with van der Waals surface area (Å²) in [5.74, 6) is -1.99. The molecule has 0 unspecified atom stereocenters. The van der Waals surface area contributed by atoms with Crippen LogP contribution < -0.4 is 28.3 Å². The van der Waals surface area contributed by atoms with E-state index in [0.29, 0.717) is 38.8 Å². The van der Waals surface area contributed by atoms with Gasteiger partial charge in [0.15, 0.2) is 0 Å². The normalized spacial score (nSPS) is 12.5. The zero-order valence-corrected chi connectivity index (χ0v) is 11.8. The predicted molar refractivity (Wildman–Crippen MR) is 76.3 cm³/mol. The van der Waals surface area contributed by atoms with Crippen molar-refractivity contribution in [3.05, 3.63) is 0 Å². The van der Waals surface area contributed by atoms with E-state index in [9.17, 15) is 14.4 Å². The number of hydrogen-bond donors (Lipinski definition) is 7. The molecule has 0 saturated heterocycles. The van der Waals surface area contributed by atoms with Gasteiger partial charge in [-0.2, -0.15) is 0 Å². The summed E-state index contributed by atoms with van der Waals surface area (Å²) in [4.78, 5) is 30.4. The molecule has 0 radical (unpaired) electrons. The zero-order valence-electron chi connectivity index (χ0n) is 11.8. The Hall–Kier alpha value is -1.91. The highest BCUT2D eigenvalue weighted by Gasteiger charge is 2.10. The van der Waals surface area contributed by atoms with Crippen molar-refractivity contribution in [3.63, 3.8) is 0 Å². The summed E-state index contributed by atoms with van der Waals surface area (Å²) in [5, 5.41) is 18.9. The van der Waals surface area contributed by atoms with Gasteiger partial charge < -0.3 is 38.5 Å². The van der Waals surface area contributed by atoms with Crippen LogP contribution in [-0.2, 0) is 9.59 Å². The summed E-state index contributed by atoms with van der Waals surface area (Å²) >= 11 is 0. The quantitative estimate of drug-likeness (QED) is 0.236. The molecule has 0 fully saturated rings. The van der Waals surface area contributed by atoms with Crippen LogP contribution in [0.1, 0.15) is 25.7 Å². The van der Waals surface area contributed by atoms with Crippen molar-refractivity contribution in [2.75, 3.05) is 13.1 Å². The number of carboxylic acid groups (broad SMARTS) is 2. The second kappa shape index (κ2) is 13.1. The fourth-order valence-electron chi connectivity index (χ4n) is 1.12. The van der Waals surface area contributed by atoms with Crippen LogP contribution in [0.3, 0.4) is 0 Å². The summed E-state index contributed by atoms with van der Waals surface area (Å²) in [6.45, 7) is 0.858. The first-order valence-electron chi connectivity index (χ1n) is 6.42. The van der Waals surface area contributed by atoms with Gasteiger partial charge in [0.1, 0.15) is 12.1 Å². The van der Waals surface area contributed by atoms with Crippen LogP contribution in [0, 0.1) is 0 Å². The van der Waals surface area contributed by atoms with Crippen molar-refractivity contribution >= 4 is 18.0 Å². The maximum atomic E-state index is 10.2. The Morgan fingerprint density at radius 1 is 0.952 bits per heavy atom. The lowest BCUT2D eigenvalue weighted by atomic mass is 10.2. The first-order chi connectivity index (χ1) is 9.72. The van der Waals surface area contributed by atoms with Gasteiger partial charge in [-0.3, -0.25) is 9.59 Å². The summed E-state index contributed by atoms with van der Waals surface area (Å²) in [6, 6.07) is -2.22. The average Bonchev–Trinajstić information content (AvgIpc) is 2.40. The molecule has 10 heteroatoms. The number of hydrogen-bond acceptors (Lipinski definition) is 6.